The fourth-order valence-electron chi connectivity index (χ4n) is 3.71. The van der Waals surface area contributed by atoms with Crippen LogP contribution in [0.2, 0.25) is 0 Å². The van der Waals surface area contributed by atoms with Gasteiger partial charge >= 0.3 is 0 Å². The van der Waals surface area contributed by atoms with Crippen molar-refractivity contribution in [1.82, 2.24) is 15.1 Å². The number of carbonyl (C=O) groups excluding carboxylic acids is 1. The van der Waals surface area contributed by atoms with Crippen molar-refractivity contribution < 1.29 is 14.1 Å². The van der Waals surface area contributed by atoms with Crippen molar-refractivity contribution in [2.24, 2.45) is 21.6 Å². The van der Waals surface area contributed by atoms with Crippen LogP contribution in [0.4, 0.5) is 0 Å². The molecule has 0 aromatic heterocycles. The first-order valence-corrected chi connectivity index (χ1v) is 11.6. The highest BCUT2D eigenvalue weighted by Crippen LogP contribution is 2.37. The number of likely N-dealkylation sites (N-methyl/N-ethyl adjacent to an activating group) is 1. The maximum absolute atomic E-state index is 12.1. The maximum atomic E-state index is 12.1. The van der Waals surface area contributed by atoms with Gasteiger partial charge in [-0.3, -0.25) is 9.79 Å². The highest BCUT2D eigenvalue weighted by atomic mass is 16.5. The zero-order valence-electron chi connectivity index (χ0n) is 19.7. The third kappa shape index (κ3) is 7.00. The number of amidine groups is 1. The number of allylic oxidation sites excluding steroid dienone is 2. The first-order valence-electron chi connectivity index (χ1n) is 11.6. The second-order valence-electron chi connectivity index (χ2n) is 8.72. The summed E-state index contributed by atoms with van der Waals surface area (Å²) in [6.45, 7) is 7.21. The monoisotopic (exact) mass is 444 g/mol. The van der Waals surface area contributed by atoms with Gasteiger partial charge in [0.1, 0.15) is 0 Å². The van der Waals surface area contributed by atoms with Crippen LogP contribution in [0.1, 0.15) is 32.6 Å². The second kappa shape index (κ2) is 11.9. The van der Waals surface area contributed by atoms with Gasteiger partial charge in [-0.25, -0.2) is 4.99 Å². The lowest BCUT2D eigenvalue weighted by atomic mass is 10.1. The van der Waals surface area contributed by atoms with E-state index in [2.05, 4.69) is 47.0 Å². The van der Waals surface area contributed by atoms with Gasteiger partial charge in [-0.15, -0.1) is 0 Å². The van der Waals surface area contributed by atoms with Crippen molar-refractivity contribution in [1.29, 1.82) is 0 Å². The summed E-state index contributed by atoms with van der Waals surface area (Å²) in [5.74, 6) is 1.32. The molecule has 1 aliphatic carbocycles. The zero-order chi connectivity index (χ0) is 22.9. The number of nitrogens with one attached hydrogen (secondary N) is 1. The number of aliphatic imine (C=N–C) groups is 2. The lowest BCUT2D eigenvalue weighted by Crippen LogP contribution is -2.34. The van der Waals surface area contributed by atoms with Crippen LogP contribution >= 0.6 is 0 Å². The third-order valence-corrected chi connectivity index (χ3v) is 5.92. The summed E-state index contributed by atoms with van der Waals surface area (Å²) in [6.07, 6.45) is 9.04. The second-order valence-corrected chi connectivity index (χ2v) is 8.72. The fraction of sp³-hybridized carbons (Fsp3) is 0.652. The summed E-state index contributed by atoms with van der Waals surface area (Å²) in [6, 6.07) is 0. The quantitative estimate of drug-likeness (QED) is 0.212. The molecule has 1 saturated carbocycles. The SMILES string of the molecule is CC1=C(N/C=C(\C(N=CN)=NCCCN2CCOCCC2=O)C2CC2)C=[N+]1CCN(C)C. The van der Waals surface area contributed by atoms with Crippen molar-refractivity contribution in [2.45, 2.75) is 32.6 Å². The van der Waals surface area contributed by atoms with Crippen molar-refractivity contribution >= 4 is 24.3 Å². The summed E-state index contributed by atoms with van der Waals surface area (Å²) < 4.78 is 7.64. The Morgan fingerprint density at radius 2 is 2.22 bits per heavy atom. The molecule has 0 atom stereocenters. The van der Waals surface area contributed by atoms with Crippen LogP contribution in [0.25, 0.3) is 0 Å². The molecule has 1 amide bonds. The molecular formula is C23H38N7O2+. The molecule has 176 valence electrons. The van der Waals surface area contributed by atoms with E-state index in [9.17, 15) is 4.79 Å². The van der Waals surface area contributed by atoms with Crippen molar-refractivity contribution in [3.63, 3.8) is 0 Å². The summed E-state index contributed by atoms with van der Waals surface area (Å²) in [5.41, 5.74) is 9.09. The Morgan fingerprint density at radius 3 is 2.91 bits per heavy atom. The minimum atomic E-state index is 0.162. The average Bonchev–Trinajstić information content (AvgIpc) is 3.61. The molecule has 2 aliphatic heterocycles. The van der Waals surface area contributed by atoms with E-state index in [1.54, 1.807) is 0 Å². The topological polar surface area (TPSA) is 98.6 Å². The van der Waals surface area contributed by atoms with Crippen LogP contribution in [0.3, 0.4) is 0 Å². The van der Waals surface area contributed by atoms with Crippen molar-refractivity contribution in [3.8, 4) is 0 Å². The van der Waals surface area contributed by atoms with E-state index in [1.807, 2.05) is 11.1 Å². The predicted molar refractivity (Wildman–Crippen MR) is 128 cm³/mol. The van der Waals surface area contributed by atoms with Crippen LogP contribution < -0.4 is 11.1 Å². The molecule has 2 heterocycles. The summed E-state index contributed by atoms with van der Waals surface area (Å²) in [4.78, 5) is 25.2. The van der Waals surface area contributed by atoms with E-state index < -0.39 is 0 Å². The molecule has 3 rings (SSSR count). The molecule has 0 radical (unpaired) electrons. The van der Waals surface area contributed by atoms with E-state index in [0.717, 1.165) is 43.6 Å². The number of rotatable bonds is 11. The molecule has 0 unspecified atom stereocenters. The first kappa shape index (κ1) is 24.1. The largest absolute Gasteiger partial charge is 0.390 e. The van der Waals surface area contributed by atoms with E-state index in [0.29, 0.717) is 51.0 Å². The minimum Gasteiger partial charge on any atom is -0.390 e. The van der Waals surface area contributed by atoms with Crippen LogP contribution in [-0.4, -0.2) is 98.7 Å². The van der Waals surface area contributed by atoms with Gasteiger partial charge in [-0.1, -0.05) is 0 Å². The van der Waals surface area contributed by atoms with Crippen molar-refractivity contribution in [2.75, 3.05) is 60.0 Å². The molecular weight excluding hydrogens is 406 g/mol. The van der Waals surface area contributed by atoms with E-state index in [1.165, 1.54) is 12.0 Å². The summed E-state index contributed by atoms with van der Waals surface area (Å²) >= 11 is 0. The molecule has 0 bridgehead atoms. The molecule has 32 heavy (non-hydrogen) atoms. The Hall–Kier alpha value is -2.52. The number of hydrogen-bond donors (Lipinski definition) is 2. The Kier molecular flexibility index (Phi) is 8.99. The van der Waals surface area contributed by atoms with Gasteiger partial charge in [0, 0.05) is 38.3 Å². The van der Waals surface area contributed by atoms with Gasteiger partial charge in [0.15, 0.2) is 24.3 Å². The highest BCUT2D eigenvalue weighted by Gasteiger charge is 2.30. The van der Waals surface area contributed by atoms with Gasteiger partial charge in [0.05, 0.1) is 32.5 Å². The molecule has 0 aromatic carbocycles. The number of ether oxygens (including phenoxy) is 1. The molecule has 9 nitrogen and oxygen atoms in total. The number of nitrogens with two attached hydrogens (primary N) is 1. The Morgan fingerprint density at radius 1 is 1.41 bits per heavy atom. The number of nitrogens with zero attached hydrogens (tertiary/aromatic N) is 5. The molecule has 3 N–H and O–H groups in total. The maximum Gasteiger partial charge on any atom is 0.224 e. The summed E-state index contributed by atoms with van der Waals surface area (Å²) in [7, 11) is 4.17. The lowest BCUT2D eigenvalue weighted by Gasteiger charge is -2.19. The van der Waals surface area contributed by atoms with Crippen LogP contribution in [-0.2, 0) is 9.53 Å². The number of carbonyl (C=O) groups is 1. The summed E-state index contributed by atoms with van der Waals surface area (Å²) in [5, 5.41) is 3.45. The third-order valence-electron chi connectivity index (χ3n) is 5.92. The Labute approximate surface area is 191 Å². The zero-order valence-corrected chi connectivity index (χ0v) is 19.7. The molecule has 9 heteroatoms. The molecule has 0 aromatic rings. The Balaban J connectivity index is 1.57. The van der Waals surface area contributed by atoms with Gasteiger partial charge in [0.25, 0.3) is 0 Å². The molecule has 0 spiro atoms. The van der Waals surface area contributed by atoms with E-state index in [4.69, 9.17) is 15.5 Å². The van der Waals surface area contributed by atoms with Gasteiger partial charge in [-0.2, -0.15) is 4.58 Å². The number of amides is 1. The normalized spacial score (nSPS) is 20.7. The van der Waals surface area contributed by atoms with Crippen molar-refractivity contribution in [3.05, 3.63) is 23.2 Å². The smallest absolute Gasteiger partial charge is 0.224 e. The first-order chi connectivity index (χ1) is 15.5. The molecule has 2 fully saturated rings. The highest BCUT2D eigenvalue weighted by molar-refractivity contribution is 6.03. The van der Waals surface area contributed by atoms with Crippen LogP contribution in [0.15, 0.2) is 33.2 Å². The van der Waals surface area contributed by atoms with Crippen LogP contribution in [0.5, 0.6) is 0 Å². The number of hydrogen-bond acceptors (Lipinski definition) is 5. The molecule has 1 saturated heterocycles. The fourth-order valence-corrected chi connectivity index (χ4v) is 3.71. The average molecular weight is 445 g/mol. The lowest BCUT2D eigenvalue weighted by molar-refractivity contribution is -0.484. The van der Waals surface area contributed by atoms with Crippen LogP contribution in [0, 0.1) is 5.92 Å². The minimum absolute atomic E-state index is 0.162. The van der Waals surface area contributed by atoms with Gasteiger partial charge in [0.2, 0.25) is 11.6 Å². The van der Waals surface area contributed by atoms with Gasteiger partial charge in [-0.05, 0) is 39.3 Å². The van der Waals surface area contributed by atoms with E-state index in [-0.39, 0.29) is 5.91 Å². The molecule has 3 aliphatic rings. The standard InChI is InChI=1S/C23H38N7O2/c1-18-21(16-30(18)11-10-28(2)3)26-15-20(19-5-6-19)23(27-17-24)25-8-4-9-29-12-14-32-13-7-22(29)31/h15-17,19,26H,4-14H2,1-3H3,(H2,24,25,27)/q+1/b20-15-. The Bertz CT molecular complexity index is 822. The van der Waals surface area contributed by atoms with E-state index >= 15 is 0 Å². The predicted octanol–water partition coefficient (Wildman–Crippen LogP) is 0.784. The van der Waals surface area contributed by atoms with Gasteiger partial charge < -0.3 is 25.6 Å².